The standard InChI is InChI=1S/C17H27N3O/c1-13(14(2)18)17(21)19-16-8-10-20(11-9-16)12-15-6-4-3-5-7-15/h3-7,13-14,16H,8-12,18H2,1-2H3,(H,19,21). The molecule has 0 aliphatic carbocycles. The van der Waals surface area contributed by atoms with Crippen molar-refractivity contribution >= 4 is 5.91 Å². The minimum Gasteiger partial charge on any atom is -0.353 e. The summed E-state index contributed by atoms with van der Waals surface area (Å²) in [7, 11) is 0. The first-order valence-electron chi connectivity index (χ1n) is 7.88. The Morgan fingerprint density at radius 3 is 2.48 bits per heavy atom. The van der Waals surface area contributed by atoms with E-state index in [0.717, 1.165) is 32.5 Å². The van der Waals surface area contributed by atoms with E-state index in [1.165, 1.54) is 5.56 Å². The Bertz CT molecular complexity index is 439. The lowest BCUT2D eigenvalue weighted by atomic mass is 10.00. The Labute approximate surface area is 127 Å². The topological polar surface area (TPSA) is 58.4 Å². The van der Waals surface area contributed by atoms with Crippen molar-refractivity contribution in [1.29, 1.82) is 0 Å². The van der Waals surface area contributed by atoms with Crippen LogP contribution in [0.2, 0.25) is 0 Å². The number of benzene rings is 1. The minimum absolute atomic E-state index is 0.0894. The second kappa shape index (κ2) is 7.57. The molecule has 1 amide bonds. The number of carbonyl (C=O) groups is 1. The van der Waals surface area contributed by atoms with Crippen LogP contribution in [0.15, 0.2) is 30.3 Å². The molecule has 21 heavy (non-hydrogen) atoms. The van der Waals surface area contributed by atoms with Crippen LogP contribution in [0.3, 0.4) is 0 Å². The fraction of sp³-hybridized carbons (Fsp3) is 0.588. The Morgan fingerprint density at radius 2 is 1.90 bits per heavy atom. The Morgan fingerprint density at radius 1 is 1.29 bits per heavy atom. The van der Waals surface area contributed by atoms with Crippen molar-refractivity contribution in [2.75, 3.05) is 13.1 Å². The second-order valence-corrected chi connectivity index (χ2v) is 6.19. The molecule has 2 atom stereocenters. The maximum Gasteiger partial charge on any atom is 0.224 e. The molecular formula is C17H27N3O. The van der Waals surface area contributed by atoms with Crippen molar-refractivity contribution in [3.8, 4) is 0 Å². The third kappa shape index (κ3) is 4.83. The largest absolute Gasteiger partial charge is 0.353 e. The van der Waals surface area contributed by atoms with Crippen molar-refractivity contribution in [1.82, 2.24) is 10.2 Å². The van der Waals surface area contributed by atoms with Crippen LogP contribution in [0.4, 0.5) is 0 Å². The normalized spacial score (nSPS) is 20.0. The van der Waals surface area contributed by atoms with Crippen LogP contribution in [0.5, 0.6) is 0 Å². The average Bonchev–Trinajstić information content (AvgIpc) is 2.49. The molecule has 2 unspecified atom stereocenters. The van der Waals surface area contributed by atoms with E-state index in [2.05, 4.69) is 34.5 Å². The second-order valence-electron chi connectivity index (χ2n) is 6.19. The van der Waals surface area contributed by atoms with Gasteiger partial charge in [0.2, 0.25) is 5.91 Å². The number of hydrogen-bond acceptors (Lipinski definition) is 3. The lowest BCUT2D eigenvalue weighted by Gasteiger charge is -2.33. The molecule has 1 fully saturated rings. The van der Waals surface area contributed by atoms with Crippen LogP contribution in [0, 0.1) is 5.92 Å². The number of amides is 1. The van der Waals surface area contributed by atoms with E-state index in [1.807, 2.05) is 19.9 Å². The number of nitrogens with zero attached hydrogens (tertiary/aromatic N) is 1. The van der Waals surface area contributed by atoms with Gasteiger partial charge in [0.1, 0.15) is 0 Å². The van der Waals surface area contributed by atoms with Gasteiger partial charge in [0.05, 0.1) is 0 Å². The monoisotopic (exact) mass is 289 g/mol. The highest BCUT2D eigenvalue weighted by Crippen LogP contribution is 2.14. The minimum atomic E-state index is -0.118. The number of carbonyl (C=O) groups excluding carboxylic acids is 1. The van der Waals surface area contributed by atoms with Crippen molar-refractivity contribution in [2.24, 2.45) is 11.7 Å². The third-order valence-corrected chi connectivity index (χ3v) is 4.39. The lowest BCUT2D eigenvalue weighted by molar-refractivity contribution is -0.126. The highest BCUT2D eigenvalue weighted by Gasteiger charge is 2.24. The molecule has 0 saturated carbocycles. The number of nitrogens with two attached hydrogens (primary N) is 1. The van der Waals surface area contributed by atoms with Crippen LogP contribution >= 0.6 is 0 Å². The van der Waals surface area contributed by atoms with Gasteiger partial charge in [-0.25, -0.2) is 0 Å². The first-order chi connectivity index (χ1) is 10.1. The van der Waals surface area contributed by atoms with E-state index in [0.29, 0.717) is 6.04 Å². The molecule has 1 aliphatic rings. The summed E-state index contributed by atoms with van der Waals surface area (Å²) >= 11 is 0. The van der Waals surface area contributed by atoms with Crippen LogP contribution in [0.25, 0.3) is 0 Å². The van der Waals surface area contributed by atoms with Crippen molar-refractivity contribution < 1.29 is 4.79 Å². The average molecular weight is 289 g/mol. The number of piperidine rings is 1. The van der Waals surface area contributed by atoms with E-state index in [-0.39, 0.29) is 17.9 Å². The summed E-state index contributed by atoms with van der Waals surface area (Å²) in [6.45, 7) is 6.84. The molecule has 0 spiro atoms. The Balaban J connectivity index is 1.74. The van der Waals surface area contributed by atoms with E-state index in [9.17, 15) is 4.79 Å². The summed E-state index contributed by atoms with van der Waals surface area (Å²) < 4.78 is 0. The van der Waals surface area contributed by atoms with E-state index >= 15 is 0 Å². The van der Waals surface area contributed by atoms with Gasteiger partial charge in [0.25, 0.3) is 0 Å². The van der Waals surface area contributed by atoms with Crippen LogP contribution in [-0.2, 0) is 11.3 Å². The molecule has 2 rings (SSSR count). The fourth-order valence-corrected chi connectivity index (χ4v) is 2.65. The van der Waals surface area contributed by atoms with Gasteiger partial charge in [-0.1, -0.05) is 37.3 Å². The molecule has 0 radical (unpaired) electrons. The zero-order valence-corrected chi connectivity index (χ0v) is 13.1. The maximum absolute atomic E-state index is 12.0. The quantitative estimate of drug-likeness (QED) is 0.868. The lowest BCUT2D eigenvalue weighted by Crippen LogP contribution is -2.48. The maximum atomic E-state index is 12.0. The molecule has 116 valence electrons. The van der Waals surface area contributed by atoms with E-state index in [4.69, 9.17) is 5.73 Å². The molecule has 1 aromatic rings. The third-order valence-electron chi connectivity index (χ3n) is 4.39. The van der Waals surface area contributed by atoms with Crippen molar-refractivity contribution in [2.45, 2.75) is 45.3 Å². The first-order valence-corrected chi connectivity index (χ1v) is 7.88. The van der Waals surface area contributed by atoms with E-state index in [1.54, 1.807) is 0 Å². The molecule has 0 bridgehead atoms. The predicted octanol–water partition coefficient (Wildman–Crippen LogP) is 1.75. The molecule has 1 aliphatic heterocycles. The van der Waals surface area contributed by atoms with Gasteiger partial charge in [0, 0.05) is 37.6 Å². The fourth-order valence-electron chi connectivity index (χ4n) is 2.65. The highest BCUT2D eigenvalue weighted by atomic mass is 16.1. The molecule has 1 aromatic carbocycles. The van der Waals surface area contributed by atoms with Crippen molar-refractivity contribution in [3.05, 3.63) is 35.9 Å². The molecular weight excluding hydrogens is 262 g/mol. The number of nitrogens with one attached hydrogen (secondary N) is 1. The van der Waals surface area contributed by atoms with Crippen molar-refractivity contribution in [3.63, 3.8) is 0 Å². The van der Waals surface area contributed by atoms with Gasteiger partial charge < -0.3 is 11.1 Å². The molecule has 0 aromatic heterocycles. The summed E-state index contributed by atoms with van der Waals surface area (Å²) in [6, 6.07) is 10.7. The summed E-state index contributed by atoms with van der Waals surface area (Å²) in [6.07, 6.45) is 2.04. The van der Waals surface area contributed by atoms with Gasteiger partial charge in [0.15, 0.2) is 0 Å². The van der Waals surface area contributed by atoms with Crippen LogP contribution < -0.4 is 11.1 Å². The van der Waals surface area contributed by atoms with Gasteiger partial charge in [-0.05, 0) is 25.3 Å². The summed E-state index contributed by atoms with van der Waals surface area (Å²) in [5.41, 5.74) is 7.13. The molecule has 1 heterocycles. The number of hydrogen-bond donors (Lipinski definition) is 2. The number of likely N-dealkylation sites (tertiary alicyclic amines) is 1. The first kappa shape index (κ1) is 16.0. The zero-order valence-electron chi connectivity index (χ0n) is 13.1. The smallest absolute Gasteiger partial charge is 0.224 e. The van der Waals surface area contributed by atoms with Crippen LogP contribution in [0.1, 0.15) is 32.3 Å². The summed E-state index contributed by atoms with van der Waals surface area (Å²) in [5.74, 6) is -0.0288. The predicted molar refractivity (Wildman–Crippen MR) is 85.7 cm³/mol. The molecule has 4 heteroatoms. The molecule has 4 nitrogen and oxygen atoms in total. The molecule has 1 saturated heterocycles. The van der Waals surface area contributed by atoms with Crippen LogP contribution in [-0.4, -0.2) is 36.0 Å². The van der Waals surface area contributed by atoms with Gasteiger partial charge in [-0.15, -0.1) is 0 Å². The summed E-state index contributed by atoms with van der Waals surface area (Å²) in [4.78, 5) is 14.5. The Hall–Kier alpha value is -1.39. The SMILES string of the molecule is CC(N)C(C)C(=O)NC1CCN(Cc2ccccc2)CC1. The van der Waals surface area contributed by atoms with E-state index < -0.39 is 0 Å². The highest BCUT2D eigenvalue weighted by molar-refractivity contribution is 5.79. The van der Waals surface area contributed by atoms with Gasteiger partial charge in [-0.3, -0.25) is 9.69 Å². The molecule has 3 N–H and O–H groups in total. The zero-order chi connectivity index (χ0) is 15.2. The number of rotatable bonds is 5. The summed E-state index contributed by atoms with van der Waals surface area (Å²) in [5, 5.41) is 3.14. The van der Waals surface area contributed by atoms with Gasteiger partial charge in [-0.2, -0.15) is 0 Å². The van der Waals surface area contributed by atoms with Gasteiger partial charge >= 0.3 is 0 Å². The Kier molecular flexibility index (Phi) is 5.76.